The third-order valence-corrected chi connectivity index (χ3v) is 4.83. The van der Waals surface area contributed by atoms with Crippen LogP contribution >= 0.6 is 0 Å². The fraction of sp³-hybridized carbons (Fsp3) is 0.238. The molecule has 3 rings (SSSR count). The number of hydrogen-bond acceptors (Lipinski definition) is 7. The number of amides is 1. The molecule has 0 saturated heterocycles. The molecular weight excluding hydrogens is 419 g/mol. The standard InChI is InChI=1S/C21H23FN6O4/c22-17-14(8-7-13-16(17)19(30)28-21(24)27-13)25-10-11-3-5-12(6-4-11)18(29)26-15(20(31)32)2-1-9-23/h3-8,15,25H,1-2,9-10,23H2,(H,26,29)(H,31,32)(H3,24,27,28,30)/t15-/m0/s1. The third-order valence-electron chi connectivity index (χ3n) is 4.83. The van der Waals surface area contributed by atoms with E-state index in [4.69, 9.17) is 11.5 Å². The van der Waals surface area contributed by atoms with Gasteiger partial charge in [-0.1, -0.05) is 12.1 Å². The van der Waals surface area contributed by atoms with Crippen LogP contribution in [0.25, 0.3) is 10.9 Å². The monoisotopic (exact) mass is 442 g/mol. The van der Waals surface area contributed by atoms with Crippen LogP contribution in [0.2, 0.25) is 0 Å². The number of aromatic amines is 1. The quantitative estimate of drug-likeness (QED) is 0.286. The number of aromatic nitrogens is 2. The normalized spacial score (nSPS) is 11.8. The predicted molar refractivity (Wildman–Crippen MR) is 118 cm³/mol. The van der Waals surface area contributed by atoms with Gasteiger partial charge in [-0.25, -0.2) is 14.2 Å². The molecule has 10 nitrogen and oxygen atoms in total. The van der Waals surface area contributed by atoms with E-state index in [1.165, 1.54) is 12.1 Å². The number of hydrogen-bond donors (Lipinski definition) is 6. The first kappa shape index (κ1) is 22.7. The average Bonchev–Trinajstić information content (AvgIpc) is 2.75. The molecule has 168 valence electrons. The van der Waals surface area contributed by atoms with E-state index < -0.39 is 29.3 Å². The lowest BCUT2D eigenvalue weighted by Crippen LogP contribution is -2.41. The molecule has 11 heteroatoms. The third kappa shape index (κ3) is 5.19. The first-order chi connectivity index (χ1) is 15.3. The van der Waals surface area contributed by atoms with Crippen molar-refractivity contribution in [3.05, 3.63) is 63.7 Å². The number of nitrogens with two attached hydrogens (primary N) is 2. The van der Waals surface area contributed by atoms with Gasteiger partial charge in [-0.15, -0.1) is 0 Å². The zero-order chi connectivity index (χ0) is 23.3. The van der Waals surface area contributed by atoms with Crippen LogP contribution in [0.3, 0.4) is 0 Å². The number of nitrogens with one attached hydrogen (secondary N) is 3. The predicted octanol–water partition coefficient (Wildman–Crippen LogP) is 1.18. The van der Waals surface area contributed by atoms with Crippen molar-refractivity contribution in [3.8, 4) is 0 Å². The van der Waals surface area contributed by atoms with Crippen LogP contribution in [0.1, 0.15) is 28.8 Å². The second-order valence-electron chi connectivity index (χ2n) is 7.12. The van der Waals surface area contributed by atoms with Crippen LogP contribution in [0.15, 0.2) is 41.2 Å². The van der Waals surface area contributed by atoms with Crippen LogP contribution in [0, 0.1) is 5.82 Å². The Morgan fingerprint density at radius 2 is 1.91 bits per heavy atom. The Bertz CT molecular complexity index is 1200. The summed E-state index contributed by atoms with van der Waals surface area (Å²) >= 11 is 0. The van der Waals surface area contributed by atoms with Crippen molar-refractivity contribution in [3.63, 3.8) is 0 Å². The zero-order valence-electron chi connectivity index (χ0n) is 17.0. The van der Waals surface area contributed by atoms with E-state index in [2.05, 4.69) is 20.6 Å². The van der Waals surface area contributed by atoms with Crippen molar-refractivity contribution < 1.29 is 19.1 Å². The lowest BCUT2D eigenvalue weighted by atomic mass is 10.1. The molecule has 0 spiro atoms. The smallest absolute Gasteiger partial charge is 0.326 e. The van der Waals surface area contributed by atoms with Crippen molar-refractivity contribution in [2.75, 3.05) is 17.6 Å². The molecular formula is C21H23FN6O4. The van der Waals surface area contributed by atoms with Gasteiger partial charge in [0.25, 0.3) is 11.5 Å². The van der Waals surface area contributed by atoms with Gasteiger partial charge in [-0.3, -0.25) is 14.6 Å². The molecule has 1 aromatic heterocycles. The molecule has 0 fully saturated rings. The number of nitrogens with zero attached hydrogens (tertiary/aromatic N) is 1. The van der Waals surface area contributed by atoms with Crippen molar-refractivity contribution in [1.82, 2.24) is 15.3 Å². The summed E-state index contributed by atoms with van der Waals surface area (Å²) in [6.07, 6.45) is 0.713. The molecule has 2 aromatic carbocycles. The minimum absolute atomic E-state index is 0.0965. The summed E-state index contributed by atoms with van der Waals surface area (Å²) in [6.45, 7) is 0.553. The van der Waals surface area contributed by atoms with Gasteiger partial charge in [-0.05, 0) is 49.2 Å². The largest absolute Gasteiger partial charge is 0.480 e. The number of aliphatic carboxylic acids is 1. The number of carboxylic acids is 1. The van der Waals surface area contributed by atoms with Crippen molar-refractivity contribution in [2.45, 2.75) is 25.4 Å². The van der Waals surface area contributed by atoms with Crippen molar-refractivity contribution in [1.29, 1.82) is 0 Å². The lowest BCUT2D eigenvalue weighted by molar-refractivity contribution is -0.139. The van der Waals surface area contributed by atoms with Crippen molar-refractivity contribution >= 4 is 34.4 Å². The van der Waals surface area contributed by atoms with Gasteiger partial charge in [-0.2, -0.15) is 0 Å². The number of halogens is 1. The number of carbonyl (C=O) groups excluding carboxylic acids is 1. The fourth-order valence-corrected chi connectivity index (χ4v) is 3.14. The number of carboxylic acid groups (broad SMARTS) is 1. The molecule has 32 heavy (non-hydrogen) atoms. The van der Waals surface area contributed by atoms with Gasteiger partial charge in [0.15, 0.2) is 5.82 Å². The Hall–Kier alpha value is -3.99. The Balaban J connectivity index is 1.67. The molecule has 0 aliphatic carbocycles. The highest BCUT2D eigenvalue weighted by Gasteiger charge is 2.20. The summed E-state index contributed by atoms with van der Waals surface area (Å²) < 4.78 is 14.7. The second-order valence-corrected chi connectivity index (χ2v) is 7.12. The van der Waals surface area contributed by atoms with Gasteiger partial charge in [0.1, 0.15) is 11.4 Å². The molecule has 3 aromatic rings. The maximum atomic E-state index is 14.7. The van der Waals surface area contributed by atoms with E-state index in [1.54, 1.807) is 24.3 Å². The number of H-pyrrole nitrogens is 1. The van der Waals surface area contributed by atoms with E-state index in [-0.39, 0.29) is 35.5 Å². The summed E-state index contributed by atoms with van der Waals surface area (Å²) in [4.78, 5) is 41.8. The number of nitrogen functional groups attached to an aromatic ring is 1. The number of carbonyl (C=O) groups is 2. The highest BCUT2D eigenvalue weighted by Crippen LogP contribution is 2.22. The first-order valence-electron chi connectivity index (χ1n) is 9.84. The van der Waals surface area contributed by atoms with E-state index in [0.29, 0.717) is 18.5 Å². The van der Waals surface area contributed by atoms with Crippen LogP contribution in [0.5, 0.6) is 0 Å². The highest BCUT2D eigenvalue weighted by molar-refractivity contribution is 5.96. The lowest BCUT2D eigenvalue weighted by Gasteiger charge is -2.14. The number of rotatable bonds is 9. The molecule has 0 bridgehead atoms. The maximum Gasteiger partial charge on any atom is 0.326 e. The molecule has 0 unspecified atom stereocenters. The molecule has 0 saturated carbocycles. The Kier molecular flexibility index (Phi) is 7.00. The minimum atomic E-state index is -1.12. The summed E-state index contributed by atoms with van der Waals surface area (Å²) in [7, 11) is 0. The maximum absolute atomic E-state index is 14.7. The zero-order valence-corrected chi connectivity index (χ0v) is 17.0. The van der Waals surface area contributed by atoms with E-state index in [9.17, 15) is 23.9 Å². The van der Waals surface area contributed by atoms with E-state index in [1.807, 2.05) is 0 Å². The summed E-state index contributed by atoms with van der Waals surface area (Å²) in [6, 6.07) is 8.33. The van der Waals surface area contributed by atoms with Crippen LogP contribution in [-0.2, 0) is 11.3 Å². The van der Waals surface area contributed by atoms with Crippen LogP contribution in [0.4, 0.5) is 16.0 Å². The molecule has 1 atom stereocenters. The van der Waals surface area contributed by atoms with Gasteiger partial charge >= 0.3 is 5.97 Å². The summed E-state index contributed by atoms with van der Waals surface area (Å²) in [5.74, 6) is -2.48. The van der Waals surface area contributed by atoms with E-state index >= 15 is 0 Å². The molecule has 0 aliphatic rings. The fourth-order valence-electron chi connectivity index (χ4n) is 3.14. The molecule has 8 N–H and O–H groups in total. The Labute approximate surface area is 181 Å². The SMILES string of the molecule is NCCC[C@H](NC(=O)c1ccc(CNc2ccc3nc(N)[nH]c(=O)c3c2F)cc1)C(=O)O. The molecule has 0 aliphatic heterocycles. The number of benzene rings is 2. The Morgan fingerprint density at radius 3 is 2.56 bits per heavy atom. The minimum Gasteiger partial charge on any atom is -0.480 e. The molecule has 0 radical (unpaired) electrons. The average molecular weight is 442 g/mol. The van der Waals surface area contributed by atoms with E-state index in [0.717, 1.165) is 5.56 Å². The number of anilines is 2. The molecule has 1 heterocycles. The van der Waals surface area contributed by atoms with Crippen LogP contribution < -0.4 is 27.7 Å². The van der Waals surface area contributed by atoms with Gasteiger partial charge in [0.05, 0.1) is 11.2 Å². The molecule has 1 amide bonds. The summed E-state index contributed by atoms with van der Waals surface area (Å²) in [5, 5.41) is 14.4. The van der Waals surface area contributed by atoms with Crippen LogP contribution in [-0.4, -0.2) is 39.5 Å². The Morgan fingerprint density at radius 1 is 1.19 bits per heavy atom. The van der Waals surface area contributed by atoms with Gasteiger partial charge in [0, 0.05) is 12.1 Å². The van der Waals surface area contributed by atoms with Gasteiger partial charge < -0.3 is 27.2 Å². The van der Waals surface area contributed by atoms with Crippen molar-refractivity contribution in [2.24, 2.45) is 5.73 Å². The highest BCUT2D eigenvalue weighted by atomic mass is 19.1. The second kappa shape index (κ2) is 9.88. The van der Waals surface area contributed by atoms with Gasteiger partial charge in [0.2, 0.25) is 5.95 Å². The summed E-state index contributed by atoms with van der Waals surface area (Å²) in [5.41, 5.74) is 11.5. The first-order valence-corrected chi connectivity index (χ1v) is 9.84. The topological polar surface area (TPSA) is 176 Å². The number of fused-ring (bicyclic) bond motifs is 1.